The van der Waals surface area contributed by atoms with Gasteiger partial charge in [0.05, 0.1) is 0 Å². The fourth-order valence-electron chi connectivity index (χ4n) is 4.07. The van der Waals surface area contributed by atoms with E-state index in [1.165, 1.54) is 0 Å². The Hall–Kier alpha value is -2.55. The summed E-state index contributed by atoms with van der Waals surface area (Å²) in [5.74, 6) is 0.446. The van der Waals surface area contributed by atoms with Gasteiger partial charge in [0.15, 0.2) is 12.3 Å². The highest BCUT2D eigenvalue weighted by atomic mass is 19.2. The van der Waals surface area contributed by atoms with E-state index in [1.54, 1.807) is 37.3 Å². The molecule has 0 amide bonds. The molecule has 3 atom stereocenters. The molecular weight excluding hydrogens is 369 g/mol. The van der Waals surface area contributed by atoms with Crippen LogP contribution in [0.1, 0.15) is 44.2 Å². The van der Waals surface area contributed by atoms with E-state index in [0.717, 1.165) is 36.0 Å². The minimum absolute atomic E-state index is 0.216. The van der Waals surface area contributed by atoms with Crippen molar-refractivity contribution < 1.29 is 13.2 Å². The predicted octanol–water partition coefficient (Wildman–Crippen LogP) is 7.72. The number of hydrogen-bond acceptors (Lipinski definition) is 0. The van der Waals surface area contributed by atoms with Crippen LogP contribution in [0.2, 0.25) is 0 Å². The van der Waals surface area contributed by atoms with Crippen molar-refractivity contribution in [3.8, 4) is 11.1 Å². The molecule has 2 aromatic rings. The van der Waals surface area contributed by atoms with Crippen LogP contribution in [-0.2, 0) is 0 Å². The topological polar surface area (TPSA) is 0 Å². The van der Waals surface area contributed by atoms with E-state index in [9.17, 15) is 13.2 Å². The first-order chi connectivity index (χ1) is 13.9. The molecule has 0 radical (unpaired) electrons. The van der Waals surface area contributed by atoms with Crippen molar-refractivity contribution in [1.82, 2.24) is 0 Å². The molecule has 2 aliphatic rings. The Morgan fingerprint density at radius 3 is 2.21 bits per heavy atom. The molecule has 0 saturated carbocycles. The number of allylic oxidation sites excluding steroid dienone is 6. The largest absolute Gasteiger partial charge is 0.239 e. The summed E-state index contributed by atoms with van der Waals surface area (Å²) in [4.78, 5) is 0. The molecular formula is C26H25F3. The molecule has 0 nitrogen and oxygen atoms in total. The minimum atomic E-state index is -1.66. The van der Waals surface area contributed by atoms with Gasteiger partial charge in [-0.25, -0.2) is 13.2 Å². The minimum Gasteiger partial charge on any atom is -0.239 e. The summed E-state index contributed by atoms with van der Waals surface area (Å²) >= 11 is 0. The Labute approximate surface area is 170 Å². The summed E-state index contributed by atoms with van der Waals surface area (Å²) < 4.78 is 43.1. The Balaban J connectivity index is 1.58. The van der Waals surface area contributed by atoms with E-state index in [4.69, 9.17) is 0 Å². The van der Waals surface area contributed by atoms with Gasteiger partial charge in [0.2, 0.25) is 0 Å². The average Bonchev–Trinajstić information content (AvgIpc) is 2.73. The molecule has 3 heteroatoms. The second kappa shape index (κ2) is 8.06. The van der Waals surface area contributed by atoms with Crippen LogP contribution in [0, 0.1) is 11.7 Å². The smallest absolute Gasteiger partial charge is 0.161 e. The molecule has 0 aliphatic heterocycles. The summed E-state index contributed by atoms with van der Waals surface area (Å²) in [5.41, 5.74) is 4.78. The summed E-state index contributed by atoms with van der Waals surface area (Å²) in [5, 5.41) is 0. The van der Waals surface area contributed by atoms with Crippen molar-refractivity contribution in [1.29, 1.82) is 0 Å². The molecule has 0 spiro atoms. The van der Waals surface area contributed by atoms with Crippen molar-refractivity contribution in [2.45, 2.75) is 45.5 Å². The van der Waals surface area contributed by atoms with Crippen LogP contribution in [0.4, 0.5) is 13.2 Å². The lowest BCUT2D eigenvalue weighted by atomic mass is 9.87. The fraction of sp³-hybridized carbons (Fsp3) is 0.308. The Bertz CT molecular complexity index is 995. The molecule has 0 fully saturated rings. The maximum absolute atomic E-state index is 14.8. The number of hydrogen-bond donors (Lipinski definition) is 0. The summed E-state index contributed by atoms with van der Waals surface area (Å²) in [6.45, 7) is 3.81. The van der Waals surface area contributed by atoms with E-state index < -0.39 is 12.3 Å². The average molecular weight is 394 g/mol. The lowest BCUT2D eigenvalue weighted by molar-refractivity contribution is 0.242. The van der Waals surface area contributed by atoms with Crippen LogP contribution < -0.4 is 0 Å². The van der Waals surface area contributed by atoms with E-state index in [0.29, 0.717) is 28.2 Å². The van der Waals surface area contributed by atoms with Gasteiger partial charge in [0.1, 0.15) is 5.82 Å². The van der Waals surface area contributed by atoms with Crippen LogP contribution >= 0.6 is 0 Å². The van der Waals surface area contributed by atoms with Crippen molar-refractivity contribution in [3.05, 3.63) is 83.2 Å². The van der Waals surface area contributed by atoms with E-state index >= 15 is 0 Å². The maximum Gasteiger partial charge on any atom is 0.161 e. The maximum atomic E-state index is 14.8. The predicted molar refractivity (Wildman–Crippen MR) is 114 cm³/mol. The Morgan fingerprint density at radius 1 is 0.862 bits per heavy atom. The summed E-state index contributed by atoms with van der Waals surface area (Å²) in [6.07, 6.45) is 5.15. The van der Waals surface area contributed by atoms with Crippen LogP contribution in [0.3, 0.4) is 0 Å². The zero-order valence-electron chi connectivity index (χ0n) is 16.8. The van der Waals surface area contributed by atoms with Crippen molar-refractivity contribution >= 4 is 11.1 Å². The quantitative estimate of drug-likeness (QED) is 0.500. The molecule has 2 aromatic carbocycles. The van der Waals surface area contributed by atoms with Gasteiger partial charge in [0.25, 0.3) is 0 Å². The van der Waals surface area contributed by atoms with Crippen LogP contribution in [-0.4, -0.2) is 12.3 Å². The molecule has 0 N–H and O–H groups in total. The van der Waals surface area contributed by atoms with Crippen molar-refractivity contribution in [2.75, 3.05) is 0 Å². The second-order valence-corrected chi connectivity index (χ2v) is 8.22. The van der Waals surface area contributed by atoms with Gasteiger partial charge in [-0.1, -0.05) is 61.5 Å². The van der Waals surface area contributed by atoms with Crippen molar-refractivity contribution in [2.24, 2.45) is 5.92 Å². The first-order valence-electron chi connectivity index (χ1n) is 10.2. The third-order valence-corrected chi connectivity index (χ3v) is 6.05. The molecule has 150 valence electrons. The van der Waals surface area contributed by atoms with Gasteiger partial charge in [-0.15, -0.1) is 0 Å². The highest BCUT2D eigenvalue weighted by molar-refractivity contribution is 5.76. The van der Waals surface area contributed by atoms with Crippen LogP contribution in [0.15, 0.2) is 66.3 Å². The van der Waals surface area contributed by atoms with Crippen LogP contribution in [0.5, 0.6) is 0 Å². The molecule has 0 bridgehead atoms. The van der Waals surface area contributed by atoms with Gasteiger partial charge in [-0.05, 0) is 71.6 Å². The van der Waals surface area contributed by atoms with Gasteiger partial charge in [-0.2, -0.15) is 0 Å². The molecule has 0 aromatic heterocycles. The van der Waals surface area contributed by atoms with E-state index in [-0.39, 0.29) is 5.82 Å². The van der Waals surface area contributed by atoms with E-state index in [1.807, 2.05) is 24.3 Å². The molecule has 3 unspecified atom stereocenters. The Kier molecular flexibility index (Phi) is 5.49. The third-order valence-electron chi connectivity index (χ3n) is 6.05. The van der Waals surface area contributed by atoms with Gasteiger partial charge >= 0.3 is 0 Å². The van der Waals surface area contributed by atoms with Gasteiger partial charge in [0, 0.05) is 5.56 Å². The third kappa shape index (κ3) is 3.96. The number of alkyl halides is 2. The molecule has 4 rings (SSSR count). The summed E-state index contributed by atoms with van der Waals surface area (Å²) in [6, 6.07) is 12.5. The standard InChI is InChI=1S/C26H25F3/c1-16-3-6-19(7-4-16)22-14-12-21(15-24(22)27)18-8-10-20(11-9-18)23-13-5-17(2)25(28)26(23)29/h5-6,8-16,25-26H,3-4,7H2,1-2H3. The molecule has 0 saturated heterocycles. The van der Waals surface area contributed by atoms with Crippen LogP contribution in [0.25, 0.3) is 22.3 Å². The highest BCUT2D eigenvalue weighted by Crippen LogP contribution is 2.35. The Morgan fingerprint density at radius 2 is 1.55 bits per heavy atom. The molecule has 29 heavy (non-hydrogen) atoms. The summed E-state index contributed by atoms with van der Waals surface area (Å²) in [7, 11) is 0. The highest BCUT2D eigenvalue weighted by Gasteiger charge is 2.29. The number of halogens is 3. The van der Waals surface area contributed by atoms with Crippen molar-refractivity contribution in [3.63, 3.8) is 0 Å². The zero-order valence-corrected chi connectivity index (χ0v) is 16.8. The second-order valence-electron chi connectivity index (χ2n) is 8.22. The SMILES string of the molecule is CC1=CC=C(c2ccc(-c3ccc(C4=CCC(C)CC4)c(F)c3)cc2)C(F)C1F. The number of benzene rings is 2. The fourth-order valence-corrected chi connectivity index (χ4v) is 4.07. The van der Waals surface area contributed by atoms with E-state index in [2.05, 4.69) is 13.0 Å². The molecule has 2 aliphatic carbocycles. The van der Waals surface area contributed by atoms with Gasteiger partial charge < -0.3 is 0 Å². The lowest BCUT2D eigenvalue weighted by Gasteiger charge is -2.21. The van der Waals surface area contributed by atoms with Gasteiger partial charge in [-0.3, -0.25) is 0 Å². The molecule has 0 heterocycles. The number of rotatable bonds is 3. The monoisotopic (exact) mass is 394 g/mol. The first-order valence-corrected chi connectivity index (χ1v) is 10.2. The zero-order chi connectivity index (χ0) is 20.5. The normalized spacial score (nSPS) is 24.6. The lowest BCUT2D eigenvalue weighted by Crippen LogP contribution is -2.22. The first kappa shape index (κ1) is 19.8.